The maximum absolute atomic E-state index is 9.26. The molecule has 0 aromatic heterocycles. The van der Waals surface area contributed by atoms with E-state index in [1.807, 2.05) is 6.07 Å². The molecule has 0 bridgehead atoms. The Labute approximate surface area is 674 Å². The number of rotatable bonds is 12. The zero-order valence-electron chi connectivity index (χ0n) is 63.2. The molecule has 0 radical (unpaired) electrons. The van der Waals surface area contributed by atoms with E-state index in [2.05, 4.69) is 15.9 Å². The first-order chi connectivity index (χ1) is 53.6. The van der Waals surface area contributed by atoms with Crippen LogP contribution in [-0.4, -0.2) is 147 Å². The number of aromatic hydroxyl groups is 12. The van der Waals surface area contributed by atoms with Crippen LogP contribution in [0.3, 0.4) is 0 Å². The van der Waals surface area contributed by atoms with Gasteiger partial charge in [-0.3, -0.25) is 0 Å². The molecule has 24 nitrogen and oxygen atoms in total. The van der Waals surface area contributed by atoms with Gasteiger partial charge >= 0.3 is 0 Å². The molecule has 0 heterocycles. The van der Waals surface area contributed by atoms with Gasteiger partial charge in [0.2, 0.25) is 11.5 Å². The molecule has 0 saturated carbocycles. The maximum Gasteiger partial charge on any atom is 0.203 e. The van der Waals surface area contributed by atoms with Crippen molar-refractivity contribution in [3.05, 3.63) is 286 Å². The van der Waals surface area contributed by atoms with Crippen LogP contribution in [-0.2, 0) is 0 Å². The molecule has 0 amide bonds. The van der Waals surface area contributed by atoms with Gasteiger partial charge in [-0.1, -0.05) is 111 Å². The van der Waals surface area contributed by atoms with Crippen molar-refractivity contribution < 1.29 is 118 Å². The Morgan fingerprint density at radius 2 is 0.571 bits per heavy atom. The monoisotopic (exact) mass is 1670 g/mol. The van der Waals surface area contributed by atoms with Crippen molar-refractivity contribution in [1.82, 2.24) is 0 Å². The highest BCUT2D eigenvalue weighted by atomic mass is 79.9. The molecule has 0 spiro atoms. The Bertz CT molecular complexity index is 4320. The van der Waals surface area contributed by atoms with Gasteiger partial charge in [0, 0.05) is 57.0 Å². The van der Waals surface area contributed by atoms with Crippen LogP contribution in [0.4, 0.5) is 0 Å². The molecule has 0 aliphatic heterocycles. The van der Waals surface area contributed by atoms with Crippen LogP contribution in [0.2, 0.25) is 15.1 Å². The third-order valence-corrected chi connectivity index (χ3v) is 14.4. The summed E-state index contributed by atoms with van der Waals surface area (Å²) in [6.45, 7) is 0. The number of phenolic OH excluding ortho intramolecular Hbond substituents is 12. The summed E-state index contributed by atoms with van der Waals surface area (Å²) >= 11 is 19.7. The highest BCUT2D eigenvalue weighted by Gasteiger charge is 2.12. The molecule has 12 rings (SSSR count). The van der Waals surface area contributed by atoms with Gasteiger partial charge in [0.25, 0.3) is 0 Å². The molecule has 0 fully saturated rings. The molecule has 12 aromatic rings. The van der Waals surface area contributed by atoms with E-state index < -0.39 is 0 Å². The zero-order chi connectivity index (χ0) is 83.8. The molecule has 0 aliphatic carbocycles. The number of halogens is 4. The van der Waals surface area contributed by atoms with Crippen LogP contribution < -0.4 is 56.8 Å². The van der Waals surface area contributed by atoms with Gasteiger partial charge in [-0.2, -0.15) is 0 Å². The van der Waals surface area contributed by atoms with E-state index in [-0.39, 0.29) is 57.5 Å². The number of benzene rings is 12. The van der Waals surface area contributed by atoms with Crippen molar-refractivity contribution in [2.45, 2.75) is 0 Å². The number of para-hydroxylation sites is 5. The molecule has 28 heteroatoms. The summed E-state index contributed by atoms with van der Waals surface area (Å²) in [6.07, 6.45) is 0. The molecule has 0 aliphatic rings. The molecular weight excluding hydrogens is 1580 g/mol. The van der Waals surface area contributed by atoms with Crippen LogP contribution in [0.15, 0.2) is 271 Å². The molecule has 0 atom stereocenters. The average Bonchev–Trinajstić information content (AvgIpc) is 0.873. The molecule has 0 saturated heterocycles. The lowest BCUT2D eigenvalue weighted by Crippen LogP contribution is -1.94. The van der Waals surface area contributed by atoms with Gasteiger partial charge < -0.3 is 118 Å². The molecule has 0 unspecified atom stereocenters. The first kappa shape index (κ1) is 97.2. The highest BCUT2D eigenvalue weighted by molar-refractivity contribution is 9.10. The van der Waals surface area contributed by atoms with Crippen molar-refractivity contribution in [1.29, 1.82) is 0 Å². The second kappa shape index (κ2) is 57.3. The number of hydrogen-bond donors (Lipinski definition) is 12. The van der Waals surface area contributed by atoms with Gasteiger partial charge in [0.1, 0.15) is 80.5 Å². The summed E-state index contributed by atoms with van der Waals surface area (Å²) in [5.41, 5.74) is 0. The second-order valence-corrected chi connectivity index (χ2v) is 23.0. The predicted octanol–water partition coefficient (Wildman–Crippen LogP) is 19.5. The topological polar surface area (TPSA) is 354 Å². The minimum Gasteiger partial charge on any atom is -0.508 e. The smallest absolute Gasteiger partial charge is 0.203 e. The molecular formula is C84H92BrCl3O24. The van der Waals surface area contributed by atoms with Crippen LogP contribution in [0.25, 0.3) is 0 Å². The van der Waals surface area contributed by atoms with Gasteiger partial charge in [-0.15, -0.1) is 0 Å². The number of phenols is 12. The van der Waals surface area contributed by atoms with Gasteiger partial charge in [-0.25, -0.2) is 0 Å². The predicted molar refractivity (Wildman–Crippen MR) is 439 cm³/mol. The van der Waals surface area contributed by atoms with Crippen molar-refractivity contribution in [3.8, 4) is 138 Å². The van der Waals surface area contributed by atoms with Crippen molar-refractivity contribution in [3.63, 3.8) is 0 Å². The van der Waals surface area contributed by atoms with E-state index in [9.17, 15) is 10.2 Å². The fourth-order valence-electron chi connectivity index (χ4n) is 7.62. The summed E-state index contributed by atoms with van der Waals surface area (Å²) in [5.74, 6) is 8.89. The van der Waals surface area contributed by atoms with E-state index in [0.717, 1.165) is 10.2 Å². The third-order valence-electron chi connectivity index (χ3n) is 13.0. The third kappa shape index (κ3) is 42.1. The van der Waals surface area contributed by atoms with Gasteiger partial charge in [0.15, 0.2) is 46.0 Å². The second-order valence-electron chi connectivity index (χ2n) is 20.8. The van der Waals surface area contributed by atoms with E-state index in [4.69, 9.17) is 143 Å². The fraction of sp³-hybridized carbons (Fsp3) is 0.143. The summed E-state index contributed by atoms with van der Waals surface area (Å²) in [6, 6.07) is 72.4. The Balaban J connectivity index is 0.000000613. The summed E-state index contributed by atoms with van der Waals surface area (Å²) < 4.78 is 60.0. The van der Waals surface area contributed by atoms with Crippen LogP contribution >= 0.6 is 50.7 Å². The van der Waals surface area contributed by atoms with Gasteiger partial charge in [0.05, 0.1) is 90.3 Å². The zero-order valence-corrected chi connectivity index (χ0v) is 67.0. The Hall–Kier alpha value is -12.8. The lowest BCUT2D eigenvalue weighted by Gasteiger charge is -2.11. The number of methoxy groups -OCH3 is 12. The Morgan fingerprint density at radius 1 is 0.205 bits per heavy atom. The minimum absolute atomic E-state index is 0.0782. The quantitative estimate of drug-likeness (QED) is 0.0540. The van der Waals surface area contributed by atoms with Crippen LogP contribution in [0.5, 0.6) is 138 Å². The van der Waals surface area contributed by atoms with E-state index in [1.165, 1.54) is 100 Å². The van der Waals surface area contributed by atoms with E-state index in [0.29, 0.717) is 89.8 Å². The largest absolute Gasteiger partial charge is 0.508 e. The molecule has 12 aromatic carbocycles. The van der Waals surface area contributed by atoms with Gasteiger partial charge in [-0.05, 0) is 164 Å². The van der Waals surface area contributed by atoms with Crippen molar-refractivity contribution in [2.75, 3.05) is 85.3 Å². The maximum atomic E-state index is 9.26. The summed E-state index contributed by atoms with van der Waals surface area (Å²) in [4.78, 5) is 0. The first-order valence-corrected chi connectivity index (χ1v) is 34.3. The van der Waals surface area contributed by atoms with Crippen LogP contribution in [0, 0.1) is 0 Å². The lowest BCUT2D eigenvalue weighted by molar-refractivity contribution is 0.320. The first-order valence-electron chi connectivity index (χ1n) is 32.3. The van der Waals surface area contributed by atoms with Crippen molar-refractivity contribution in [2.24, 2.45) is 0 Å². The standard InChI is InChI=1S/C9H12O4.3C8H10O3.3C7H8O2.C6H5BrO.3C6H5ClO.C6H6O/c1-11-7-4-6(10)5-8(12-2)9(7)13-3;1-10-7-3-6(9)4-8(5-7)11-2;1-10-7-4-3-6(9)5-8(7)11-2;1-10-7-5-3-4-6(9)8(7)11-2;1-9-7-4-2-6(8)3-5-7;1-9-7-4-2-3-6(8)5-7;1-9-7-5-3-2-4-6(7)8;2*7-5-1-3-6(8)4-2-5;7-5-2-1-3-6(8)4-5;7-5-3-1-2-4-6(5)8;7-6-4-2-1-3-5-6/h4-5,10H,1-3H3;3*3-5,9H,1-2H3;3*2-5,8H,1H3;4*1-4,8H;1-5,7H. The fourth-order valence-corrected chi connectivity index (χ4v) is 8.33. The molecule has 600 valence electrons. The lowest BCUT2D eigenvalue weighted by atomic mass is 10.2. The minimum atomic E-state index is 0.0782. The highest BCUT2D eigenvalue weighted by Crippen LogP contribution is 2.40. The summed E-state index contributed by atoms with van der Waals surface area (Å²) in [7, 11) is 18.3. The number of ether oxygens (including phenoxy) is 12. The molecule has 112 heavy (non-hydrogen) atoms. The van der Waals surface area contributed by atoms with E-state index >= 15 is 0 Å². The normalized spacial score (nSPS) is 9.14. The van der Waals surface area contributed by atoms with E-state index in [1.54, 1.807) is 246 Å². The Kier molecular flexibility index (Phi) is 49.8. The SMILES string of the molecule is COc1cc(O)cc(OC)c1.COc1cc(O)cc(OC)c1OC.COc1ccc(O)cc1.COc1ccc(O)cc1OC.COc1cccc(O)c1.COc1cccc(O)c1OC.COc1ccccc1O.Oc1ccc(Br)cc1.Oc1ccc(Cl)cc1.Oc1cccc(Cl)c1.Oc1ccccc1.Oc1ccccc1Cl. The Morgan fingerprint density at radius 3 is 0.938 bits per heavy atom. The van der Waals surface area contributed by atoms with Crippen LogP contribution in [0.1, 0.15) is 0 Å². The van der Waals surface area contributed by atoms with Crippen molar-refractivity contribution >= 4 is 50.7 Å². The number of hydrogen-bond acceptors (Lipinski definition) is 24. The average molecular weight is 1670 g/mol. The summed E-state index contributed by atoms with van der Waals surface area (Å²) in [5, 5.41) is 108. The molecule has 12 N–H and O–H groups in total.